The third-order valence-corrected chi connectivity index (χ3v) is 3.41. The Kier molecular flexibility index (Phi) is 3.61. The van der Waals surface area contributed by atoms with Crippen LogP contribution >= 0.6 is 11.6 Å². The van der Waals surface area contributed by atoms with Crippen LogP contribution in [-0.4, -0.2) is 12.6 Å². The molecule has 1 unspecified atom stereocenters. The van der Waals surface area contributed by atoms with Gasteiger partial charge in [0.25, 0.3) is 6.02 Å². The number of rotatable bonds is 2. The van der Waals surface area contributed by atoms with Crippen LogP contribution in [0.3, 0.4) is 0 Å². The second kappa shape index (κ2) is 5.55. The topological polar surface area (TPSA) is 33.6 Å². The van der Waals surface area contributed by atoms with Crippen LogP contribution < -0.4 is 5.32 Å². The molecule has 1 aliphatic rings. The van der Waals surface area contributed by atoms with E-state index < -0.39 is 0 Å². The van der Waals surface area contributed by atoms with Gasteiger partial charge in [-0.15, -0.1) is 0 Å². The van der Waals surface area contributed by atoms with Gasteiger partial charge in [0.1, 0.15) is 0 Å². The van der Waals surface area contributed by atoms with Gasteiger partial charge in [-0.1, -0.05) is 41.9 Å². The first kappa shape index (κ1) is 13.0. The molecule has 1 atom stereocenters. The van der Waals surface area contributed by atoms with Crippen molar-refractivity contribution in [1.29, 1.82) is 0 Å². The Morgan fingerprint density at radius 1 is 1.20 bits per heavy atom. The minimum absolute atomic E-state index is 0.184. The molecule has 0 saturated heterocycles. The van der Waals surface area contributed by atoms with Crippen LogP contribution in [0.2, 0.25) is 5.02 Å². The summed E-state index contributed by atoms with van der Waals surface area (Å²) in [6, 6.07) is 16.4. The Labute approximate surface area is 123 Å². The number of nitrogens with zero attached hydrogens (tertiary/aromatic N) is 1. The van der Waals surface area contributed by atoms with E-state index in [-0.39, 0.29) is 6.10 Å². The number of anilines is 1. The van der Waals surface area contributed by atoms with Crippen LogP contribution in [0.15, 0.2) is 53.5 Å². The number of benzene rings is 2. The first-order valence-corrected chi connectivity index (χ1v) is 6.98. The van der Waals surface area contributed by atoms with Gasteiger partial charge in [0.2, 0.25) is 0 Å². The first-order chi connectivity index (χ1) is 9.78. The highest BCUT2D eigenvalue weighted by molar-refractivity contribution is 6.30. The van der Waals surface area contributed by atoms with Crippen molar-refractivity contribution in [2.24, 2.45) is 4.99 Å². The van der Waals surface area contributed by atoms with Crippen molar-refractivity contribution < 1.29 is 4.74 Å². The molecule has 0 amide bonds. The van der Waals surface area contributed by atoms with Crippen molar-refractivity contribution in [3.8, 4) is 0 Å². The molecule has 3 rings (SSSR count). The average Bonchev–Trinajstić information content (AvgIpc) is 2.48. The van der Waals surface area contributed by atoms with E-state index in [0.717, 1.165) is 16.8 Å². The molecular formula is C16H15ClN2O. The third kappa shape index (κ3) is 2.49. The van der Waals surface area contributed by atoms with Crippen LogP contribution in [0.4, 0.5) is 5.69 Å². The summed E-state index contributed by atoms with van der Waals surface area (Å²) in [5, 5.41) is 3.89. The lowest BCUT2D eigenvalue weighted by molar-refractivity contribution is 0.226. The highest BCUT2D eigenvalue weighted by atomic mass is 35.5. The van der Waals surface area contributed by atoms with Crippen molar-refractivity contribution in [2.75, 3.05) is 11.9 Å². The maximum atomic E-state index is 6.11. The zero-order valence-corrected chi connectivity index (χ0v) is 11.9. The molecule has 0 aromatic heterocycles. The quantitative estimate of drug-likeness (QED) is 0.895. The van der Waals surface area contributed by atoms with Gasteiger partial charge in [0, 0.05) is 22.8 Å². The van der Waals surface area contributed by atoms with Crippen LogP contribution in [-0.2, 0) is 4.74 Å². The van der Waals surface area contributed by atoms with Gasteiger partial charge < -0.3 is 10.1 Å². The second-order valence-corrected chi connectivity index (χ2v) is 4.98. The Bertz CT molecular complexity index is 640. The lowest BCUT2D eigenvalue weighted by Gasteiger charge is -2.29. The van der Waals surface area contributed by atoms with E-state index in [9.17, 15) is 0 Å². The maximum absolute atomic E-state index is 6.11. The van der Waals surface area contributed by atoms with Crippen LogP contribution in [0.25, 0.3) is 0 Å². The molecular weight excluding hydrogens is 272 g/mol. The zero-order chi connectivity index (χ0) is 13.9. The molecule has 1 aliphatic heterocycles. The monoisotopic (exact) mass is 286 g/mol. The van der Waals surface area contributed by atoms with E-state index >= 15 is 0 Å². The lowest BCUT2D eigenvalue weighted by atomic mass is 9.99. The van der Waals surface area contributed by atoms with Crippen molar-refractivity contribution in [1.82, 2.24) is 0 Å². The van der Waals surface area contributed by atoms with Crippen molar-refractivity contribution >= 4 is 23.3 Å². The Morgan fingerprint density at radius 3 is 2.75 bits per heavy atom. The van der Waals surface area contributed by atoms with Gasteiger partial charge in [0.05, 0.1) is 0 Å². The summed E-state index contributed by atoms with van der Waals surface area (Å²) >= 11 is 6.11. The summed E-state index contributed by atoms with van der Waals surface area (Å²) in [5.74, 6) is 0. The molecule has 0 spiro atoms. The normalized spacial score (nSPS) is 19.1. The van der Waals surface area contributed by atoms with Gasteiger partial charge in [-0.05, 0) is 30.7 Å². The highest BCUT2D eigenvalue weighted by Crippen LogP contribution is 2.36. The molecule has 0 fully saturated rings. The van der Waals surface area contributed by atoms with Gasteiger partial charge in [0.15, 0.2) is 6.10 Å². The number of halogens is 1. The number of hydrogen-bond acceptors (Lipinski definition) is 2. The second-order valence-electron chi connectivity index (χ2n) is 4.54. The minimum Gasteiger partial charge on any atom is -0.452 e. The number of hydrogen-bond donors (Lipinski definition) is 1. The van der Waals surface area contributed by atoms with Crippen LogP contribution in [0.5, 0.6) is 0 Å². The molecule has 4 heteroatoms. The largest absolute Gasteiger partial charge is 0.452 e. The third-order valence-electron chi connectivity index (χ3n) is 3.17. The molecule has 20 heavy (non-hydrogen) atoms. The van der Waals surface area contributed by atoms with Crippen molar-refractivity contribution in [2.45, 2.75) is 13.0 Å². The fourth-order valence-electron chi connectivity index (χ4n) is 2.28. The number of aliphatic imine (C=N–C) groups is 1. The van der Waals surface area contributed by atoms with Crippen LogP contribution in [0.1, 0.15) is 24.2 Å². The van der Waals surface area contributed by atoms with Gasteiger partial charge in [-0.3, -0.25) is 0 Å². The summed E-state index contributed by atoms with van der Waals surface area (Å²) in [7, 11) is 0. The van der Waals surface area contributed by atoms with E-state index in [1.807, 2.05) is 55.5 Å². The van der Waals surface area contributed by atoms with E-state index in [1.54, 1.807) is 0 Å². The van der Waals surface area contributed by atoms with E-state index in [0.29, 0.717) is 17.6 Å². The van der Waals surface area contributed by atoms with Crippen molar-refractivity contribution in [3.05, 3.63) is 64.7 Å². The first-order valence-electron chi connectivity index (χ1n) is 6.60. The molecule has 2 aromatic carbocycles. The average molecular weight is 287 g/mol. The molecule has 0 bridgehead atoms. The molecule has 0 saturated carbocycles. The van der Waals surface area contributed by atoms with Crippen molar-refractivity contribution in [3.63, 3.8) is 0 Å². The summed E-state index contributed by atoms with van der Waals surface area (Å²) in [5.41, 5.74) is 3.10. The summed E-state index contributed by atoms with van der Waals surface area (Å²) < 4.78 is 5.97. The van der Waals surface area contributed by atoms with Gasteiger partial charge >= 0.3 is 0 Å². The summed E-state index contributed by atoms with van der Waals surface area (Å²) in [6.45, 7) is 2.65. The number of amidine groups is 1. The Morgan fingerprint density at radius 2 is 2.00 bits per heavy atom. The zero-order valence-electron chi connectivity index (χ0n) is 11.1. The van der Waals surface area contributed by atoms with Crippen LogP contribution in [0, 0.1) is 0 Å². The summed E-state index contributed by atoms with van der Waals surface area (Å²) in [6.07, 6.45) is -0.184. The maximum Gasteiger partial charge on any atom is 0.290 e. The highest BCUT2D eigenvalue weighted by Gasteiger charge is 2.26. The molecule has 3 nitrogen and oxygen atoms in total. The Hall–Kier alpha value is -2.00. The SMILES string of the molecule is CCN=C1Nc2ccc(Cl)cc2C(c2ccccc2)O1. The Balaban J connectivity index is 2.09. The fraction of sp³-hybridized carbons (Fsp3) is 0.188. The smallest absolute Gasteiger partial charge is 0.290 e. The molecule has 0 aliphatic carbocycles. The van der Waals surface area contributed by atoms with Gasteiger partial charge in [-0.2, -0.15) is 0 Å². The molecule has 1 N–H and O–H groups in total. The molecule has 0 radical (unpaired) electrons. The lowest BCUT2D eigenvalue weighted by Crippen LogP contribution is -2.27. The van der Waals surface area contributed by atoms with E-state index in [2.05, 4.69) is 10.3 Å². The fourth-order valence-corrected chi connectivity index (χ4v) is 2.46. The predicted octanol–water partition coefficient (Wildman–Crippen LogP) is 4.25. The number of ether oxygens (including phenoxy) is 1. The number of nitrogens with one attached hydrogen (secondary N) is 1. The van der Waals surface area contributed by atoms with E-state index in [4.69, 9.17) is 16.3 Å². The molecule has 2 aromatic rings. The molecule has 102 valence electrons. The van der Waals surface area contributed by atoms with E-state index in [1.165, 1.54) is 0 Å². The minimum atomic E-state index is -0.184. The summed E-state index contributed by atoms with van der Waals surface area (Å²) in [4.78, 5) is 4.33. The standard InChI is InChI=1S/C16H15ClN2O/c1-2-18-16-19-14-9-8-12(17)10-13(14)15(20-16)11-6-4-3-5-7-11/h3-10,15H,2H2,1H3,(H,18,19). The van der Waals surface area contributed by atoms with Gasteiger partial charge in [-0.25, -0.2) is 4.99 Å². The predicted molar refractivity (Wildman–Crippen MR) is 82.4 cm³/mol. The molecule has 1 heterocycles. The number of fused-ring (bicyclic) bond motifs is 1.